The Morgan fingerprint density at radius 2 is 1.68 bits per heavy atom. The van der Waals surface area contributed by atoms with Crippen LogP contribution in [-0.4, -0.2) is 56.0 Å². The largest absolute Gasteiger partial charge is 0.497 e. The summed E-state index contributed by atoms with van der Waals surface area (Å²) in [5, 5.41) is 0.713. The third kappa shape index (κ3) is 3.57. The van der Waals surface area contributed by atoms with Gasteiger partial charge in [0.05, 0.1) is 25.3 Å². The van der Waals surface area contributed by atoms with Gasteiger partial charge < -0.3 is 9.64 Å². The number of imide groups is 1. The molecule has 2 fully saturated rings. The summed E-state index contributed by atoms with van der Waals surface area (Å²) in [4.78, 5) is 31.2. The minimum atomic E-state index is -0.403. The van der Waals surface area contributed by atoms with E-state index in [1.54, 1.807) is 31.4 Å². The van der Waals surface area contributed by atoms with Crippen molar-refractivity contribution in [3.8, 4) is 5.75 Å². The molecule has 0 aliphatic carbocycles. The van der Waals surface area contributed by atoms with E-state index in [1.807, 2.05) is 24.3 Å². The normalized spacial score (nSPS) is 20.7. The maximum absolute atomic E-state index is 13.0. The van der Waals surface area contributed by atoms with Gasteiger partial charge in [0, 0.05) is 43.0 Å². The molecule has 6 nitrogen and oxygen atoms in total. The standard InChI is InChI=1S/C21H22ClN3O3/c1-28-18-7-3-6-17(13-18)25-20(26)14-19(21(25)27)24-10-8-23(9-11-24)16-5-2-4-15(22)12-16/h2-7,12-13,19H,8-11,14H2,1H3/t19-/m1/s1. The average molecular weight is 400 g/mol. The second-order valence-corrected chi connectivity index (χ2v) is 7.43. The molecular formula is C21H22ClN3O3. The van der Waals surface area contributed by atoms with Gasteiger partial charge in [0.2, 0.25) is 5.91 Å². The molecule has 2 amide bonds. The van der Waals surface area contributed by atoms with Crippen LogP contribution in [0.3, 0.4) is 0 Å². The van der Waals surface area contributed by atoms with Gasteiger partial charge in [-0.05, 0) is 30.3 Å². The lowest BCUT2D eigenvalue weighted by Gasteiger charge is -2.38. The van der Waals surface area contributed by atoms with E-state index >= 15 is 0 Å². The molecule has 28 heavy (non-hydrogen) atoms. The molecule has 2 heterocycles. The summed E-state index contributed by atoms with van der Waals surface area (Å²) in [6.45, 7) is 3.03. The second-order valence-electron chi connectivity index (χ2n) is 6.99. The highest BCUT2D eigenvalue weighted by Crippen LogP contribution is 2.29. The molecule has 0 N–H and O–H groups in total. The van der Waals surface area contributed by atoms with E-state index in [4.69, 9.17) is 16.3 Å². The molecule has 146 valence electrons. The molecular weight excluding hydrogens is 378 g/mol. The Labute approximate surface area is 169 Å². The van der Waals surface area contributed by atoms with Gasteiger partial charge in [-0.25, -0.2) is 4.90 Å². The van der Waals surface area contributed by atoms with Crippen LogP contribution >= 0.6 is 11.6 Å². The van der Waals surface area contributed by atoms with Gasteiger partial charge in [0.15, 0.2) is 0 Å². The Kier molecular flexibility index (Phi) is 5.24. The summed E-state index contributed by atoms with van der Waals surface area (Å²) in [7, 11) is 1.56. The molecule has 0 aromatic heterocycles. The number of carbonyl (C=O) groups is 2. The Bertz CT molecular complexity index is 896. The number of carbonyl (C=O) groups excluding carboxylic acids is 2. The van der Waals surface area contributed by atoms with Crippen molar-refractivity contribution < 1.29 is 14.3 Å². The number of nitrogens with zero attached hydrogens (tertiary/aromatic N) is 3. The van der Waals surface area contributed by atoms with Gasteiger partial charge in [0.1, 0.15) is 5.75 Å². The number of methoxy groups -OCH3 is 1. The molecule has 0 radical (unpaired) electrons. The van der Waals surface area contributed by atoms with Crippen LogP contribution in [-0.2, 0) is 9.59 Å². The van der Waals surface area contributed by atoms with E-state index in [0.29, 0.717) is 16.5 Å². The van der Waals surface area contributed by atoms with Crippen LogP contribution in [0.25, 0.3) is 0 Å². The van der Waals surface area contributed by atoms with E-state index in [2.05, 4.69) is 9.80 Å². The van der Waals surface area contributed by atoms with Gasteiger partial charge in [0.25, 0.3) is 5.91 Å². The van der Waals surface area contributed by atoms with Crippen LogP contribution in [0.5, 0.6) is 5.75 Å². The highest BCUT2D eigenvalue weighted by atomic mass is 35.5. The summed E-state index contributed by atoms with van der Waals surface area (Å²) in [5.74, 6) is 0.298. The Morgan fingerprint density at radius 3 is 2.39 bits per heavy atom. The average Bonchev–Trinajstić information content (AvgIpc) is 3.02. The Morgan fingerprint density at radius 1 is 0.964 bits per heavy atom. The van der Waals surface area contributed by atoms with Crippen LogP contribution in [0.4, 0.5) is 11.4 Å². The summed E-state index contributed by atoms with van der Waals surface area (Å²) >= 11 is 6.09. The van der Waals surface area contributed by atoms with Gasteiger partial charge >= 0.3 is 0 Å². The maximum atomic E-state index is 13.0. The molecule has 2 aromatic carbocycles. The molecule has 2 aliphatic rings. The lowest BCUT2D eigenvalue weighted by molar-refractivity contribution is -0.123. The molecule has 2 saturated heterocycles. The molecule has 0 saturated carbocycles. The predicted molar refractivity (Wildman–Crippen MR) is 109 cm³/mol. The molecule has 0 unspecified atom stereocenters. The molecule has 0 spiro atoms. The van der Waals surface area contributed by atoms with E-state index in [0.717, 1.165) is 31.9 Å². The third-order valence-electron chi connectivity index (χ3n) is 5.36. The quantitative estimate of drug-likeness (QED) is 0.740. The zero-order chi connectivity index (χ0) is 19.7. The lowest BCUT2D eigenvalue weighted by atomic mass is 10.1. The number of hydrogen-bond acceptors (Lipinski definition) is 5. The molecule has 2 aromatic rings. The van der Waals surface area contributed by atoms with Crippen molar-refractivity contribution in [2.24, 2.45) is 0 Å². The van der Waals surface area contributed by atoms with Crippen LogP contribution < -0.4 is 14.5 Å². The first-order valence-electron chi connectivity index (χ1n) is 9.32. The first-order chi connectivity index (χ1) is 13.6. The van der Waals surface area contributed by atoms with Crippen LogP contribution in [0.2, 0.25) is 5.02 Å². The second kappa shape index (κ2) is 7.81. The van der Waals surface area contributed by atoms with Gasteiger partial charge in [-0.1, -0.05) is 23.7 Å². The topological polar surface area (TPSA) is 53.1 Å². The van der Waals surface area contributed by atoms with Gasteiger partial charge in [-0.2, -0.15) is 0 Å². The zero-order valence-corrected chi connectivity index (χ0v) is 16.4. The summed E-state index contributed by atoms with van der Waals surface area (Å²) in [5.41, 5.74) is 1.65. The van der Waals surface area contributed by atoms with Gasteiger partial charge in [-0.15, -0.1) is 0 Å². The van der Waals surface area contributed by atoms with Crippen molar-refractivity contribution in [2.45, 2.75) is 12.5 Å². The van der Waals surface area contributed by atoms with Crippen LogP contribution in [0, 0.1) is 0 Å². The molecule has 7 heteroatoms. The van der Waals surface area contributed by atoms with Crippen molar-refractivity contribution in [3.63, 3.8) is 0 Å². The van der Waals surface area contributed by atoms with E-state index in [9.17, 15) is 9.59 Å². The fourth-order valence-electron chi connectivity index (χ4n) is 3.89. The number of hydrogen-bond donors (Lipinski definition) is 0. The Balaban J connectivity index is 1.44. The number of piperazine rings is 1. The first kappa shape index (κ1) is 18.8. The SMILES string of the molecule is COc1cccc(N2C(=O)C[C@@H](N3CCN(c4cccc(Cl)c4)CC3)C2=O)c1. The van der Waals surface area contributed by atoms with Crippen molar-refractivity contribution in [3.05, 3.63) is 53.6 Å². The van der Waals surface area contributed by atoms with Crippen molar-refractivity contribution in [1.29, 1.82) is 0 Å². The zero-order valence-electron chi connectivity index (χ0n) is 15.7. The smallest absolute Gasteiger partial charge is 0.251 e. The van der Waals surface area contributed by atoms with Crippen molar-refractivity contribution in [2.75, 3.05) is 43.1 Å². The molecule has 4 rings (SSSR count). The first-order valence-corrected chi connectivity index (χ1v) is 9.70. The molecule has 2 aliphatic heterocycles. The fourth-order valence-corrected chi connectivity index (χ4v) is 4.07. The fraction of sp³-hybridized carbons (Fsp3) is 0.333. The number of benzene rings is 2. The summed E-state index contributed by atoms with van der Waals surface area (Å²) in [6, 6.07) is 14.4. The number of anilines is 2. The van der Waals surface area contributed by atoms with E-state index < -0.39 is 6.04 Å². The van der Waals surface area contributed by atoms with Crippen LogP contribution in [0.1, 0.15) is 6.42 Å². The van der Waals surface area contributed by atoms with Crippen LogP contribution in [0.15, 0.2) is 48.5 Å². The highest BCUT2D eigenvalue weighted by molar-refractivity contribution is 6.30. The maximum Gasteiger partial charge on any atom is 0.251 e. The van der Waals surface area contributed by atoms with E-state index in [1.165, 1.54) is 4.90 Å². The highest BCUT2D eigenvalue weighted by Gasteiger charge is 2.43. The Hall–Kier alpha value is -2.57. The third-order valence-corrected chi connectivity index (χ3v) is 5.60. The minimum Gasteiger partial charge on any atom is -0.497 e. The number of rotatable bonds is 4. The van der Waals surface area contributed by atoms with Crippen molar-refractivity contribution in [1.82, 2.24) is 4.90 Å². The van der Waals surface area contributed by atoms with Crippen molar-refractivity contribution >= 4 is 34.8 Å². The monoisotopic (exact) mass is 399 g/mol. The van der Waals surface area contributed by atoms with E-state index in [-0.39, 0.29) is 18.2 Å². The van der Waals surface area contributed by atoms with Gasteiger partial charge in [-0.3, -0.25) is 14.5 Å². The summed E-state index contributed by atoms with van der Waals surface area (Å²) in [6.07, 6.45) is 0.215. The number of ether oxygens (including phenoxy) is 1. The summed E-state index contributed by atoms with van der Waals surface area (Å²) < 4.78 is 5.22. The number of halogens is 1. The molecule has 0 bridgehead atoms. The molecule has 1 atom stereocenters. The predicted octanol–water partition coefficient (Wildman–Crippen LogP) is 2.80. The lowest BCUT2D eigenvalue weighted by Crippen LogP contribution is -2.52. The minimum absolute atomic E-state index is 0.158. The number of amides is 2.